The molecule has 3 N–H and O–H groups in total. The smallest absolute Gasteiger partial charge is 0.255 e. The van der Waals surface area contributed by atoms with Crippen LogP contribution < -0.4 is 15.8 Å². The van der Waals surface area contributed by atoms with E-state index >= 15 is 0 Å². The third-order valence-corrected chi connectivity index (χ3v) is 3.30. The minimum absolute atomic E-state index is 0.136. The Kier molecular flexibility index (Phi) is 5.67. The van der Waals surface area contributed by atoms with Gasteiger partial charge in [0.25, 0.3) is 5.91 Å². The average molecular weight is 264 g/mol. The van der Waals surface area contributed by atoms with E-state index in [1.165, 1.54) is 0 Å². The maximum absolute atomic E-state index is 12.2. The summed E-state index contributed by atoms with van der Waals surface area (Å²) in [6, 6.07) is 5.23. The Morgan fingerprint density at radius 2 is 2.05 bits per heavy atom. The monoisotopic (exact) mass is 264 g/mol. The van der Waals surface area contributed by atoms with Crippen LogP contribution in [0.15, 0.2) is 18.2 Å². The minimum atomic E-state index is -0.136. The van der Waals surface area contributed by atoms with E-state index in [1.54, 1.807) is 18.2 Å². The van der Waals surface area contributed by atoms with Gasteiger partial charge in [-0.25, -0.2) is 0 Å². The molecule has 0 radical (unpaired) electrons. The Balaban J connectivity index is 2.79. The number of amides is 1. The Bertz CT molecular complexity index is 430. The first-order valence-corrected chi connectivity index (χ1v) is 6.76. The molecule has 0 aliphatic carbocycles. The van der Waals surface area contributed by atoms with Crippen molar-refractivity contribution in [2.45, 2.75) is 27.7 Å². The van der Waals surface area contributed by atoms with Crippen molar-refractivity contribution in [3.05, 3.63) is 23.8 Å². The summed E-state index contributed by atoms with van der Waals surface area (Å²) < 4.78 is 5.46. The van der Waals surface area contributed by atoms with Crippen LogP contribution in [0.5, 0.6) is 5.75 Å². The van der Waals surface area contributed by atoms with Gasteiger partial charge in [-0.2, -0.15) is 0 Å². The molecule has 1 amide bonds. The van der Waals surface area contributed by atoms with Gasteiger partial charge in [-0.1, -0.05) is 26.8 Å². The predicted octanol–water partition coefficient (Wildman–Crippen LogP) is 2.69. The van der Waals surface area contributed by atoms with E-state index in [0.717, 1.165) is 0 Å². The molecule has 0 spiro atoms. The Morgan fingerprint density at radius 1 is 1.37 bits per heavy atom. The quantitative estimate of drug-likeness (QED) is 0.776. The van der Waals surface area contributed by atoms with Crippen LogP contribution in [0.1, 0.15) is 38.1 Å². The number of nitrogen functional groups attached to an aromatic ring is 1. The molecule has 106 valence electrons. The standard InChI is InChI=1S/C15H24N2O2/c1-5-19-14-12(7-6-8-13(14)16)15(18)17-9-11(4)10(2)3/h6-8,10-11H,5,9,16H2,1-4H3,(H,17,18). The topological polar surface area (TPSA) is 64.3 Å². The number of benzene rings is 1. The molecule has 1 unspecified atom stereocenters. The van der Waals surface area contributed by atoms with Crippen molar-refractivity contribution in [3.63, 3.8) is 0 Å². The van der Waals surface area contributed by atoms with E-state index in [0.29, 0.717) is 42.0 Å². The number of nitrogens with one attached hydrogen (secondary N) is 1. The summed E-state index contributed by atoms with van der Waals surface area (Å²) in [5, 5.41) is 2.93. The van der Waals surface area contributed by atoms with E-state index in [9.17, 15) is 4.79 Å². The number of rotatable bonds is 6. The first kappa shape index (κ1) is 15.3. The van der Waals surface area contributed by atoms with Crippen molar-refractivity contribution in [1.29, 1.82) is 0 Å². The molecule has 1 aromatic rings. The second-order valence-electron chi connectivity index (χ2n) is 5.09. The van der Waals surface area contributed by atoms with E-state index in [4.69, 9.17) is 10.5 Å². The van der Waals surface area contributed by atoms with Crippen LogP contribution in [0, 0.1) is 11.8 Å². The third-order valence-electron chi connectivity index (χ3n) is 3.30. The SMILES string of the molecule is CCOc1c(N)cccc1C(=O)NCC(C)C(C)C. The zero-order valence-electron chi connectivity index (χ0n) is 12.2. The molecule has 4 heteroatoms. The molecule has 0 saturated carbocycles. The van der Waals surface area contributed by atoms with E-state index in [2.05, 4.69) is 26.1 Å². The maximum atomic E-state index is 12.2. The van der Waals surface area contributed by atoms with Crippen LogP contribution in [0.4, 0.5) is 5.69 Å². The molecular formula is C15H24N2O2. The van der Waals surface area contributed by atoms with Gasteiger partial charge < -0.3 is 15.8 Å². The van der Waals surface area contributed by atoms with Crippen molar-refractivity contribution in [2.75, 3.05) is 18.9 Å². The van der Waals surface area contributed by atoms with Gasteiger partial charge in [-0.15, -0.1) is 0 Å². The van der Waals surface area contributed by atoms with Crippen molar-refractivity contribution in [3.8, 4) is 5.75 Å². The van der Waals surface area contributed by atoms with Crippen LogP contribution in [0.2, 0.25) is 0 Å². The summed E-state index contributed by atoms with van der Waals surface area (Å²) in [6.45, 7) is 9.41. The van der Waals surface area contributed by atoms with Crippen molar-refractivity contribution in [1.82, 2.24) is 5.32 Å². The highest BCUT2D eigenvalue weighted by molar-refractivity contribution is 5.98. The van der Waals surface area contributed by atoms with Gasteiger partial charge in [0, 0.05) is 6.54 Å². The highest BCUT2D eigenvalue weighted by atomic mass is 16.5. The van der Waals surface area contributed by atoms with Crippen LogP contribution >= 0.6 is 0 Å². The first-order valence-electron chi connectivity index (χ1n) is 6.76. The van der Waals surface area contributed by atoms with Gasteiger partial charge in [0.05, 0.1) is 17.9 Å². The summed E-state index contributed by atoms with van der Waals surface area (Å²) in [5.74, 6) is 1.30. The Morgan fingerprint density at radius 3 is 2.63 bits per heavy atom. The van der Waals surface area contributed by atoms with Crippen molar-refractivity contribution in [2.24, 2.45) is 11.8 Å². The summed E-state index contributed by atoms with van der Waals surface area (Å²) in [4.78, 5) is 12.2. The number of para-hydroxylation sites is 1. The molecule has 4 nitrogen and oxygen atoms in total. The highest BCUT2D eigenvalue weighted by Gasteiger charge is 2.16. The van der Waals surface area contributed by atoms with Gasteiger partial charge in [-0.05, 0) is 30.9 Å². The summed E-state index contributed by atoms with van der Waals surface area (Å²) >= 11 is 0. The fourth-order valence-corrected chi connectivity index (χ4v) is 1.62. The molecule has 19 heavy (non-hydrogen) atoms. The summed E-state index contributed by atoms with van der Waals surface area (Å²) in [5.41, 5.74) is 6.83. The molecule has 0 aliphatic heterocycles. The molecule has 0 bridgehead atoms. The normalized spacial score (nSPS) is 12.3. The first-order chi connectivity index (χ1) is 8.97. The lowest BCUT2D eigenvalue weighted by molar-refractivity contribution is 0.0941. The maximum Gasteiger partial charge on any atom is 0.255 e. The fourth-order valence-electron chi connectivity index (χ4n) is 1.62. The number of hydrogen-bond donors (Lipinski definition) is 2. The number of carbonyl (C=O) groups excluding carboxylic acids is 1. The van der Waals surface area contributed by atoms with Crippen LogP contribution in [0.25, 0.3) is 0 Å². The van der Waals surface area contributed by atoms with E-state index in [1.807, 2.05) is 6.92 Å². The molecule has 1 rings (SSSR count). The zero-order valence-corrected chi connectivity index (χ0v) is 12.2. The second-order valence-corrected chi connectivity index (χ2v) is 5.09. The van der Waals surface area contributed by atoms with E-state index < -0.39 is 0 Å². The number of hydrogen-bond acceptors (Lipinski definition) is 3. The van der Waals surface area contributed by atoms with E-state index in [-0.39, 0.29) is 5.91 Å². The molecule has 0 aromatic heterocycles. The summed E-state index contributed by atoms with van der Waals surface area (Å²) in [7, 11) is 0. The van der Waals surface area contributed by atoms with Crippen LogP contribution in [-0.4, -0.2) is 19.1 Å². The Hall–Kier alpha value is -1.71. The van der Waals surface area contributed by atoms with Crippen molar-refractivity contribution >= 4 is 11.6 Å². The lowest BCUT2D eigenvalue weighted by atomic mass is 9.98. The molecule has 0 saturated heterocycles. The predicted molar refractivity (Wildman–Crippen MR) is 78.4 cm³/mol. The molecule has 0 fully saturated rings. The largest absolute Gasteiger partial charge is 0.491 e. The van der Waals surface area contributed by atoms with Gasteiger partial charge in [0.15, 0.2) is 5.75 Å². The molecule has 0 aliphatic rings. The number of anilines is 1. The third kappa shape index (κ3) is 4.16. The lowest BCUT2D eigenvalue weighted by Gasteiger charge is -2.17. The van der Waals surface area contributed by atoms with Gasteiger partial charge in [-0.3, -0.25) is 4.79 Å². The minimum Gasteiger partial charge on any atom is -0.491 e. The molecular weight excluding hydrogens is 240 g/mol. The zero-order chi connectivity index (χ0) is 14.4. The molecule has 0 heterocycles. The van der Waals surface area contributed by atoms with Gasteiger partial charge >= 0.3 is 0 Å². The lowest BCUT2D eigenvalue weighted by Crippen LogP contribution is -2.30. The van der Waals surface area contributed by atoms with Crippen molar-refractivity contribution < 1.29 is 9.53 Å². The fraction of sp³-hybridized carbons (Fsp3) is 0.533. The van der Waals surface area contributed by atoms with Crippen LogP contribution in [-0.2, 0) is 0 Å². The van der Waals surface area contributed by atoms with Crippen LogP contribution in [0.3, 0.4) is 0 Å². The number of carbonyl (C=O) groups is 1. The second kappa shape index (κ2) is 7.02. The number of ether oxygens (including phenoxy) is 1. The van der Waals surface area contributed by atoms with Gasteiger partial charge in [0.2, 0.25) is 0 Å². The Labute approximate surface area is 115 Å². The van der Waals surface area contributed by atoms with Gasteiger partial charge in [0.1, 0.15) is 0 Å². The molecule has 1 aromatic carbocycles. The summed E-state index contributed by atoms with van der Waals surface area (Å²) in [6.07, 6.45) is 0. The number of nitrogens with two attached hydrogens (primary N) is 1. The average Bonchev–Trinajstić information content (AvgIpc) is 2.37. The highest BCUT2D eigenvalue weighted by Crippen LogP contribution is 2.26. The molecule has 1 atom stereocenters.